The fourth-order valence-electron chi connectivity index (χ4n) is 2.90. The standard InChI is InChI=1S/C10H18O2/c1-6-3-4-8-7(2)5-12-10(11)9(6)8/h6-11H,3-5H2,1-2H3/t6-,7+,8-,9-,10?/m0/s1. The summed E-state index contributed by atoms with van der Waals surface area (Å²) in [4.78, 5) is 0. The lowest BCUT2D eigenvalue weighted by atomic mass is 9.80. The topological polar surface area (TPSA) is 29.5 Å². The highest BCUT2D eigenvalue weighted by Crippen LogP contribution is 2.45. The summed E-state index contributed by atoms with van der Waals surface area (Å²) in [6.07, 6.45) is 2.07. The number of ether oxygens (including phenoxy) is 1. The Kier molecular flexibility index (Phi) is 2.13. The molecule has 0 aromatic rings. The summed E-state index contributed by atoms with van der Waals surface area (Å²) in [7, 11) is 0. The average Bonchev–Trinajstić information content (AvgIpc) is 2.42. The van der Waals surface area contributed by atoms with Crippen molar-refractivity contribution in [3.05, 3.63) is 0 Å². The first-order chi connectivity index (χ1) is 5.70. The molecule has 1 N–H and O–H groups in total. The van der Waals surface area contributed by atoms with Crippen molar-refractivity contribution < 1.29 is 9.84 Å². The maximum absolute atomic E-state index is 9.65. The summed E-state index contributed by atoms with van der Waals surface area (Å²) in [5.41, 5.74) is 0. The van der Waals surface area contributed by atoms with Crippen molar-refractivity contribution in [1.82, 2.24) is 0 Å². The second-order valence-corrected chi connectivity index (χ2v) is 4.50. The van der Waals surface area contributed by atoms with E-state index in [9.17, 15) is 5.11 Å². The molecule has 1 aliphatic heterocycles. The molecule has 0 aromatic carbocycles. The van der Waals surface area contributed by atoms with Crippen molar-refractivity contribution in [3.63, 3.8) is 0 Å². The van der Waals surface area contributed by atoms with Crippen LogP contribution in [0.5, 0.6) is 0 Å². The summed E-state index contributed by atoms with van der Waals surface area (Å²) in [5, 5.41) is 9.65. The van der Waals surface area contributed by atoms with Crippen LogP contribution < -0.4 is 0 Å². The predicted octanol–water partition coefficient (Wildman–Crippen LogP) is 1.63. The number of aliphatic hydroxyl groups excluding tert-OH is 1. The van der Waals surface area contributed by atoms with Crippen LogP contribution in [-0.4, -0.2) is 18.0 Å². The third-order valence-electron chi connectivity index (χ3n) is 3.70. The Hall–Kier alpha value is -0.0800. The van der Waals surface area contributed by atoms with Gasteiger partial charge in [0.05, 0.1) is 6.61 Å². The lowest BCUT2D eigenvalue weighted by Crippen LogP contribution is -2.40. The molecule has 2 heteroatoms. The van der Waals surface area contributed by atoms with Crippen molar-refractivity contribution in [3.8, 4) is 0 Å². The van der Waals surface area contributed by atoms with Crippen molar-refractivity contribution >= 4 is 0 Å². The van der Waals surface area contributed by atoms with E-state index in [0.717, 1.165) is 6.61 Å². The van der Waals surface area contributed by atoms with E-state index in [0.29, 0.717) is 23.7 Å². The molecule has 2 aliphatic rings. The first kappa shape index (κ1) is 8.52. The van der Waals surface area contributed by atoms with E-state index in [1.165, 1.54) is 12.8 Å². The van der Waals surface area contributed by atoms with Gasteiger partial charge in [0, 0.05) is 5.92 Å². The predicted molar refractivity (Wildman–Crippen MR) is 46.5 cm³/mol. The van der Waals surface area contributed by atoms with Gasteiger partial charge in [-0.05, 0) is 30.6 Å². The number of aliphatic hydroxyl groups is 1. The minimum atomic E-state index is -0.483. The third-order valence-corrected chi connectivity index (χ3v) is 3.70. The molecule has 0 bridgehead atoms. The Morgan fingerprint density at radius 2 is 1.92 bits per heavy atom. The number of fused-ring (bicyclic) bond motifs is 1. The van der Waals surface area contributed by atoms with Crippen LogP contribution in [0.15, 0.2) is 0 Å². The maximum Gasteiger partial charge on any atom is 0.157 e. The highest BCUT2D eigenvalue weighted by atomic mass is 16.6. The summed E-state index contributed by atoms with van der Waals surface area (Å²) in [5.74, 6) is 2.41. The van der Waals surface area contributed by atoms with Crippen LogP contribution in [0.1, 0.15) is 26.7 Å². The number of hydrogen-bond donors (Lipinski definition) is 1. The number of hydrogen-bond acceptors (Lipinski definition) is 2. The third kappa shape index (κ3) is 1.17. The highest BCUT2D eigenvalue weighted by molar-refractivity contribution is 4.89. The zero-order valence-electron chi connectivity index (χ0n) is 7.86. The molecule has 1 aliphatic carbocycles. The smallest absolute Gasteiger partial charge is 0.157 e. The fraction of sp³-hybridized carbons (Fsp3) is 1.00. The van der Waals surface area contributed by atoms with Crippen molar-refractivity contribution in [1.29, 1.82) is 0 Å². The normalized spacial score (nSPS) is 53.8. The van der Waals surface area contributed by atoms with Crippen molar-refractivity contribution in [2.45, 2.75) is 33.0 Å². The zero-order chi connectivity index (χ0) is 8.72. The fourth-order valence-corrected chi connectivity index (χ4v) is 2.90. The molecule has 2 rings (SSSR count). The molecule has 1 heterocycles. The molecule has 1 saturated carbocycles. The minimum absolute atomic E-state index is 0.411. The Morgan fingerprint density at radius 3 is 2.58 bits per heavy atom. The molecule has 1 unspecified atom stereocenters. The monoisotopic (exact) mass is 170 g/mol. The molecule has 0 spiro atoms. The Morgan fingerprint density at radius 1 is 1.17 bits per heavy atom. The van der Waals surface area contributed by atoms with E-state index in [2.05, 4.69) is 13.8 Å². The van der Waals surface area contributed by atoms with Crippen LogP contribution in [0, 0.1) is 23.7 Å². The first-order valence-electron chi connectivity index (χ1n) is 5.00. The molecule has 2 fully saturated rings. The van der Waals surface area contributed by atoms with Gasteiger partial charge in [0.1, 0.15) is 0 Å². The van der Waals surface area contributed by atoms with Crippen LogP contribution in [0.2, 0.25) is 0 Å². The van der Waals surface area contributed by atoms with Gasteiger partial charge in [0.2, 0.25) is 0 Å². The van der Waals surface area contributed by atoms with Crippen molar-refractivity contribution in [2.75, 3.05) is 6.61 Å². The van der Waals surface area contributed by atoms with Crippen LogP contribution in [-0.2, 0) is 4.74 Å². The molecule has 5 atom stereocenters. The van der Waals surface area contributed by atoms with E-state index in [1.807, 2.05) is 0 Å². The van der Waals surface area contributed by atoms with E-state index < -0.39 is 6.29 Å². The van der Waals surface area contributed by atoms with Crippen molar-refractivity contribution in [2.24, 2.45) is 23.7 Å². The highest BCUT2D eigenvalue weighted by Gasteiger charge is 2.44. The van der Waals surface area contributed by atoms with Gasteiger partial charge in [0.25, 0.3) is 0 Å². The second kappa shape index (κ2) is 3.00. The van der Waals surface area contributed by atoms with Gasteiger partial charge in [-0.25, -0.2) is 0 Å². The van der Waals surface area contributed by atoms with Crippen LogP contribution in [0.25, 0.3) is 0 Å². The number of rotatable bonds is 0. The average molecular weight is 170 g/mol. The summed E-state index contributed by atoms with van der Waals surface area (Å²) >= 11 is 0. The summed E-state index contributed by atoms with van der Waals surface area (Å²) in [6.45, 7) is 5.21. The molecule has 1 saturated heterocycles. The molecule has 0 radical (unpaired) electrons. The lowest BCUT2D eigenvalue weighted by Gasteiger charge is -2.37. The van der Waals surface area contributed by atoms with Gasteiger partial charge in [-0.3, -0.25) is 0 Å². The lowest BCUT2D eigenvalue weighted by molar-refractivity contribution is -0.195. The quantitative estimate of drug-likeness (QED) is 0.598. The van der Waals surface area contributed by atoms with E-state index in [4.69, 9.17) is 4.74 Å². The molecule has 2 nitrogen and oxygen atoms in total. The van der Waals surface area contributed by atoms with Crippen LogP contribution in [0.3, 0.4) is 0 Å². The van der Waals surface area contributed by atoms with Gasteiger partial charge in [0.15, 0.2) is 6.29 Å². The Bertz CT molecular complexity index is 169. The zero-order valence-corrected chi connectivity index (χ0v) is 7.86. The largest absolute Gasteiger partial charge is 0.368 e. The summed E-state index contributed by atoms with van der Waals surface area (Å²) < 4.78 is 5.33. The molecule has 0 aromatic heterocycles. The SMILES string of the molecule is C[C@@H]1COC(O)[C@@H]2[C@H]1CC[C@@H]2C. The van der Waals surface area contributed by atoms with E-state index in [1.54, 1.807) is 0 Å². The van der Waals surface area contributed by atoms with Crippen LogP contribution in [0.4, 0.5) is 0 Å². The molecule has 12 heavy (non-hydrogen) atoms. The molecular weight excluding hydrogens is 152 g/mol. The molecule has 0 amide bonds. The van der Waals surface area contributed by atoms with Gasteiger partial charge >= 0.3 is 0 Å². The minimum Gasteiger partial charge on any atom is -0.368 e. The Balaban J connectivity index is 2.13. The second-order valence-electron chi connectivity index (χ2n) is 4.50. The summed E-state index contributed by atoms with van der Waals surface area (Å²) in [6, 6.07) is 0. The Labute approximate surface area is 73.9 Å². The maximum atomic E-state index is 9.65. The van der Waals surface area contributed by atoms with E-state index >= 15 is 0 Å². The first-order valence-corrected chi connectivity index (χ1v) is 5.00. The van der Waals surface area contributed by atoms with Gasteiger partial charge in [-0.2, -0.15) is 0 Å². The van der Waals surface area contributed by atoms with Gasteiger partial charge < -0.3 is 9.84 Å². The molecular formula is C10H18O2. The molecule has 70 valence electrons. The van der Waals surface area contributed by atoms with Gasteiger partial charge in [-0.15, -0.1) is 0 Å². The van der Waals surface area contributed by atoms with Crippen LogP contribution >= 0.6 is 0 Å². The van der Waals surface area contributed by atoms with E-state index in [-0.39, 0.29) is 0 Å². The van der Waals surface area contributed by atoms with Gasteiger partial charge in [-0.1, -0.05) is 13.8 Å².